The summed E-state index contributed by atoms with van der Waals surface area (Å²) in [5.41, 5.74) is 2.41. The van der Waals surface area contributed by atoms with E-state index in [1.807, 2.05) is 36.5 Å². The van der Waals surface area contributed by atoms with Crippen LogP contribution in [-0.2, 0) is 12.7 Å². The maximum atomic E-state index is 13.2. The standard InChI is InChI=1S/C24H20F3N5O/c25-24(26,27)18-3-1-4-20(13-18)32-22(17-7-8-17)21(15-30-32)23(33)28-14-16-5-9-19(10-6-16)31-12-2-11-29-31/h1-6,9-13,15,17H,7-8,14H2,(H,28,33). The van der Waals surface area contributed by atoms with Crippen LogP contribution in [0.3, 0.4) is 0 Å². The lowest BCUT2D eigenvalue weighted by Crippen LogP contribution is -2.23. The van der Waals surface area contributed by atoms with Gasteiger partial charge in [0.15, 0.2) is 0 Å². The Bertz CT molecular complexity index is 1270. The van der Waals surface area contributed by atoms with Gasteiger partial charge in [-0.3, -0.25) is 4.79 Å². The van der Waals surface area contributed by atoms with Crippen molar-refractivity contribution >= 4 is 5.91 Å². The van der Waals surface area contributed by atoms with Gasteiger partial charge in [0.05, 0.1) is 34.4 Å². The van der Waals surface area contributed by atoms with Crippen molar-refractivity contribution in [1.82, 2.24) is 24.9 Å². The van der Waals surface area contributed by atoms with Gasteiger partial charge in [0.1, 0.15) is 0 Å². The van der Waals surface area contributed by atoms with E-state index in [0.29, 0.717) is 23.5 Å². The van der Waals surface area contributed by atoms with E-state index in [1.165, 1.54) is 16.9 Å². The molecule has 2 heterocycles. The van der Waals surface area contributed by atoms with Crippen LogP contribution in [-0.4, -0.2) is 25.5 Å². The minimum atomic E-state index is -4.45. The van der Waals surface area contributed by atoms with Gasteiger partial charge in [-0.05, 0) is 54.8 Å². The zero-order chi connectivity index (χ0) is 23.0. The fraction of sp³-hybridized carbons (Fsp3) is 0.208. The van der Waals surface area contributed by atoms with E-state index < -0.39 is 11.7 Å². The van der Waals surface area contributed by atoms with Gasteiger partial charge in [0.2, 0.25) is 0 Å². The fourth-order valence-electron chi connectivity index (χ4n) is 3.77. The smallest absolute Gasteiger partial charge is 0.348 e. The fourth-order valence-corrected chi connectivity index (χ4v) is 3.77. The highest BCUT2D eigenvalue weighted by atomic mass is 19.4. The zero-order valence-corrected chi connectivity index (χ0v) is 17.5. The summed E-state index contributed by atoms with van der Waals surface area (Å²) in [5.74, 6) is -0.192. The summed E-state index contributed by atoms with van der Waals surface area (Å²) in [4.78, 5) is 12.9. The number of alkyl halides is 3. The third-order valence-electron chi connectivity index (χ3n) is 5.59. The molecule has 1 saturated carbocycles. The zero-order valence-electron chi connectivity index (χ0n) is 17.5. The Morgan fingerprint density at radius 1 is 1.03 bits per heavy atom. The predicted molar refractivity (Wildman–Crippen MR) is 115 cm³/mol. The second kappa shape index (κ2) is 8.23. The summed E-state index contributed by atoms with van der Waals surface area (Å²) in [6.07, 6.45) is 2.28. The number of halogens is 3. The number of hydrogen-bond acceptors (Lipinski definition) is 3. The largest absolute Gasteiger partial charge is 0.416 e. The van der Waals surface area contributed by atoms with Crippen molar-refractivity contribution in [1.29, 1.82) is 0 Å². The van der Waals surface area contributed by atoms with E-state index >= 15 is 0 Å². The summed E-state index contributed by atoms with van der Waals surface area (Å²) in [7, 11) is 0. The van der Waals surface area contributed by atoms with Gasteiger partial charge >= 0.3 is 6.18 Å². The minimum absolute atomic E-state index is 0.108. The molecule has 0 radical (unpaired) electrons. The van der Waals surface area contributed by atoms with Crippen LogP contribution in [0.5, 0.6) is 0 Å². The molecule has 2 aromatic carbocycles. The Balaban J connectivity index is 1.35. The van der Waals surface area contributed by atoms with Gasteiger partial charge in [-0.15, -0.1) is 0 Å². The summed E-state index contributed by atoms with van der Waals surface area (Å²) in [6.45, 7) is 0.317. The molecule has 33 heavy (non-hydrogen) atoms. The maximum Gasteiger partial charge on any atom is 0.416 e. The van der Waals surface area contributed by atoms with Gasteiger partial charge < -0.3 is 5.32 Å². The molecule has 1 fully saturated rings. The van der Waals surface area contributed by atoms with E-state index in [0.717, 1.165) is 36.2 Å². The lowest BCUT2D eigenvalue weighted by molar-refractivity contribution is -0.137. The molecule has 1 aliphatic carbocycles. The number of rotatable bonds is 6. The second-order valence-corrected chi connectivity index (χ2v) is 7.98. The number of benzene rings is 2. The van der Waals surface area contributed by atoms with Crippen molar-refractivity contribution < 1.29 is 18.0 Å². The Morgan fingerprint density at radius 3 is 2.48 bits per heavy atom. The maximum absolute atomic E-state index is 13.2. The molecule has 2 aromatic heterocycles. The van der Waals surface area contributed by atoms with Crippen LogP contribution in [0.15, 0.2) is 73.2 Å². The van der Waals surface area contributed by atoms with E-state index in [-0.39, 0.29) is 11.8 Å². The van der Waals surface area contributed by atoms with Crippen molar-refractivity contribution in [2.75, 3.05) is 0 Å². The average molecular weight is 451 g/mol. The number of aromatic nitrogens is 4. The molecule has 168 valence electrons. The van der Waals surface area contributed by atoms with Crippen molar-refractivity contribution in [2.24, 2.45) is 0 Å². The molecule has 0 bridgehead atoms. The third-order valence-corrected chi connectivity index (χ3v) is 5.59. The lowest BCUT2D eigenvalue weighted by atomic mass is 10.1. The number of hydrogen-bond donors (Lipinski definition) is 1. The highest BCUT2D eigenvalue weighted by Gasteiger charge is 2.34. The van der Waals surface area contributed by atoms with E-state index in [4.69, 9.17) is 0 Å². The van der Waals surface area contributed by atoms with Crippen LogP contribution in [0.25, 0.3) is 11.4 Å². The highest BCUT2D eigenvalue weighted by Crippen LogP contribution is 2.42. The number of nitrogens with one attached hydrogen (secondary N) is 1. The average Bonchev–Trinajstić information content (AvgIpc) is 3.32. The molecular formula is C24H20F3N5O. The normalized spacial score (nSPS) is 13.8. The molecule has 5 rings (SSSR count). The molecule has 0 spiro atoms. The Hall–Kier alpha value is -3.88. The monoisotopic (exact) mass is 451 g/mol. The highest BCUT2D eigenvalue weighted by molar-refractivity contribution is 5.95. The van der Waals surface area contributed by atoms with Crippen molar-refractivity contribution in [2.45, 2.75) is 31.5 Å². The van der Waals surface area contributed by atoms with Crippen LogP contribution in [0.4, 0.5) is 13.2 Å². The summed E-state index contributed by atoms with van der Waals surface area (Å²) >= 11 is 0. The first kappa shape index (κ1) is 21.0. The Labute approximate surface area is 187 Å². The molecule has 4 aromatic rings. The number of amides is 1. The molecule has 0 unspecified atom stereocenters. The molecule has 0 saturated heterocycles. The molecule has 9 heteroatoms. The van der Waals surface area contributed by atoms with Crippen LogP contribution in [0.1, 0.15) is 45.9 Å². The molecule has 0 atom stereocenters. The first-order valence-corrected chi connectivity index (χ1v) is 10.5. The van der Waals surface area contributed by atoms with Crippen molar-refractivity contribution in [3.05, 3.63) is 95.6 Å². The van der Waals surface area contributed by atoms with E-state index in [9.17, 15) is 18.0 Å². The first-order chi connectivity index (χ1) is 15.9. The van der Waals surface area contributed by atoms with E-state index in [1.54, 1.807) is 16.9 Å². The van der Waals surface area contributed by atoms with Crippen LogP contribution in [0, 0.1) is 0 Å². The molecular weight excluding hydrogens is 431 g/mol. The SMILES string of the molecule is O=C(NCc1ccc(-n2cccn2)cc1)c1cnn(-c2cccc(C(F)(F)F)c2)c1C1CC1. The Kier molecular flexibility index (Phi) is 5.24. The predicted octanol–water partition coefficient (Wildman–Crippen LogP) is 4.88. The van der Waals surface area contributed by atoms with E-state index in [2.05, 4.69) is 15.5 Å². The number of nitrogens with zero attached hydrogens (tertiary/aromatic N) is 4. The lowest BCUT2D eigenvalue weighted by Gasteiger charge is -2.12. The van der Waals surface area contributed by atoms with Gasteiger partial charge in [-0.2, -0.15) is 23.4 Å². The van der Waals surface area contributed by atoms with Crippen molar-refractivity contribution in [3.63, 3.8) is 0 Å². The van der Waals surface area contributed by atoms with Gasteiger partial charge in [-0.25, -0.2) is 9.36 Å². The minimum Gasteiger partial charge on any atom is -0.348 e. The van der Waals surface area contributed by atoms with Gasteiger partial charge in [0, 0.05) is 24.9 Å². The summed E-state index contributed by atoms with van der Waals surface area (Å²) in [5, 5.41) is 11.3. The van der Waals surface area contributed by atoms with Crippen molar-refractivity contribution in [3.8, 4) is 11.4 Å². The second-order valence-electron chi connectivity index (χ2n) is 7.98. The van der Waals surface area contributed by atoms with Gasteiger partial charge in [-0.1, -0.05) is 18.2 Å². The molecule has 1 aliphatic rings. The topological polar surface area (TPSA) is 64.7 Å². The quantitative estimate of drug-likeness (QED) is 0.454. The Morgan fingerprint density at radius 2 is 1.82 bits per heavy atom. The number of carbonyl (C=O) groups excluding carboxylic acids is 1. The summed E-state index contributed by atoms with van der Waals surface area (Å²) in [6, 6.07) is 14.5. The van der Waals surface area contributed by atoms with Gasteiger partial charge in [0.25, 0.3) is 5.91 Å². The molecule has 6 nitrogen and oxygen atoms in total. The molecule has 1 amide bonds. The first-order valence-electron chi connectivity index (χ1n) is 10.5. The molecule has 1 N–H and O–H groups in total. The van der Waals surface area contributed by atoms with Crippen LogP contribution >= 0.6 is 0 Å². The third kappa shape index (κ3) is 4.39. The van der Waals surface area contributed by atoms with Crippen LogP contribution < -0.4 is 5.32 Å². The van der Waals surface area contributed by atoms with Crippen LogP contribution in [0.2, 0.25) is 0 Å². The molecule has 0 aliphatic heterocycles. The number of carbonyl (C=O) groups is 1. The summed E-state index contributed by atoms with van der Waals surface area (Å²) < 4.78 is 42.7.